The Morgan fingerprint density at radius 2 is 2.24 bits per heavy atom. The Morgan fingerprint density at radius 1 is 1.47 bits per heavy atom. The molecule has 0 saturated heterocycles. The molecule has 0 aliphatic heterocycles. The lowest BCUT2D eigenvalue weighted by atomic mass is 9.84. The molecule has 0 bridgehead atoms. The summed E-state index contributed by atoms with van der Waals surface area (Å²) in [6, 6.07) is 0. The molecule has 1 N–H and O–H groups in total. The maximum atomic E-state index is 11.3. The van der Waals surface area contributed by atoms with E-state index in [1.807, 2.05) is 18.2 Å². The van der Waals surface area contributed by atoms with Crippen LogP contribution in [-0.2, 0) is 14.3 Å². The summed E-state index contributed by atoms with van der Waals surface area (Å²) in [6.45, 7) is 0.248. The molecule has 0 aromatic rings. The van der Waals surface area contributed by atoms with E-state index in [4.69, 9.17) is 17.7 Å². The van der Waals surface area contributed by atoms with Gasteiger partial charge in [0.1, 0.15) is 6.61 Å². The molecule has 0 aromatic carbocycles. The molecule has 1 rings (SSSR count). The van der Waals surface area contributed by atoms with Crippen molar-refractivity contribution in [2.45, 2.75) is 31.5 Å². The number of allylic oxidation sites excluding steroid dienone is 2. The zero-order chi connectivity index (χ0) is 12.7. The highest BCUT2D eigenvalue weighted by molar-refractivity contribution is 6.22. The van der Waals surface area contributed by atoms with Gasteiger partial charge in [0.2, 0.25) is 0 Å². The SMILES string of the molecule is [B]C(CCC(=O)OCC1=CCCC=C1)C(=O)O. The molecule has 0 amide bonds. The Bertz CT molecular complexity index is 346. The molecular formula is C12H15BO4. The highest BCUT2D eigenvalue weighted by Gasteiger charge is 2.13. The largest absolute Gasteiger partial charge is 0.482 e. The van der Waals surface area contributed by atoms with Gasteiger partial charge in [-0.15, -0.1) is 0 Å². The fourth-order valence-corrected chi connectivity index (χ4v) is 1.41. The Morgan fingerprint density at radius 3 is 2.82 bits per heavy atom. The molecule has 1 aliphatic carbocycles. The lowest BCUT2D eigenvalue weighted by Gasteiger charge is -2.09. The summed E-state index contributed by atoms with van der Waals surface area (Å²) < 4.78 is 5.00. The van der Waals surface area contributed by atoms with Crippen molar-refractivity contribution in [3.8, 4) is 0 Å². The maximum absolute atomic E-state index is 11.3. The van der Waals surface area contributed by atoms with Gasteiger partial charge in [-0.1, -0.05) is 18.2 Å². The summed E-state index contributed by atoms with van der Waals surface area (Å²) in [5, 5.41) is 8.53. The van der Waals surface area contributed by atoms with Crippen LogP contribution in [0.15, 0.2) is 23.8 Å². The quantitative estimate of drug-likeness (QED) is 0.560. The van der Waals surface area contributed by atoms with Crippen molar-refractivity contribution >= 4 is 19.8 Å². The van der Waals surface area contributed by atoms with Gasteiger partial charge in [-0.2, -0.15) is 0 Å². The van der Waals surface area contributed by atoms with Gasteiger partial charge < -0.3 is 9.84 Å². The smallest absolute Gasteiger partial charge is 0.306 e. The lowest BCUT2D eigenvalue weighted by Crippen LogP contribution is -2.12. The van der Waals surface area contributed by atoms with E-state index >= 15 is 0 Å². The number of hydrogen-bond donors (Lipinski definition) is 1. The molecule has 2 radical (unpaired) electrons. The predicted octanol–water partition coefficient (Wildman–Crippen LogP) is 1.63. The van der Waals surface area contributed by atoms with Gasteiger partial charge in [0.05, 0.1) is 7.85 Å². The number of carbonyl (C=O) groups excluding carboxylic acids is 1. The summed E-state index contributed by atoms with van der Waals surface area (Å²) in [7, 11) is 5.27. The molecule has 0 aromatic heterocycles. The molecule has 5 heteroatoms. The highest BCUT2D eigenvalue weighted by atomic mass is 16.5. The molecule has 1 aliphatic rings. The monoisotopic (exact) mass is 234 g/mol. The number of ether oxygens (including phenoxy) is 1. The van der Waals surface area contributed by atoms with Crippen LogP contribution < -0.4 is 0 Å². The van der Waals surface area contributed by atoms with E-state index in [1.54, 1.807) is 0 Å². The second kappa shape index (κ2) is 6.94. The number of carbonyl (C=O) groups is 2. The highest BCUT2D eigenvalue weighted by Crippen LogP contribution is 2.12. The van der Waals surface area contributed by atoms with E-state index in [1.165, 1.54) is 0 Å². The number of carboxylic acids is 1. The summed E-state index contributed by atoms with van der Waals surface area (Å²) in [6.07, 6.45) is 8.10. The zero-order valence-corrected chi connectivity index (χ0v) is 9.59. The van der Waals surface area contributed by atoms with E-state index in [2.05, 4.69) is 0 Å². The molecule has 1 unspecified atom stereocenters. The van der Waals surface area contributed by atoms with Crippen LogP contribution >= 0.6 is 0 Å². The number of carboxylic acid groups (broad SMARTS) is 1. The molecule has 90 valence electrons. The topological polar surface area (TPSA) is 63.6 Å². The fourth-order valence-electron chi connectivity index (χ4n) is 1.41. The van der Waals surface area contributed by atoms with Crippen LogP contribution in [0.1, 0.15) is 25.7 Å². The molecular weight excluding hydrogens is 219 g/mol. The predicted molar refractivity (Wildman–Crippen MR) is 63.8 cm³/mol. The third-order valence-corrected chi connectivity index (χ3v) is 2.45. The summed E-state index contributed by atoms with van der Waals surface area (Å²) in [4.78, 5) is 21.7. The first-order chi connectivity index (χ1) is 8.09. The molecule has 0 spiro atoms. The third kappa shape index (κ3) is 5.38. The van der Waals surface area contributed by atoms with Crippen molar-refractivity contribution < 1.29 is 19.4 Å². The van der Waals surface area contributed by atoms with Crippen molar-refractivity contribution in [2.75, 3.05) is 6.61 Å². The third-order valence-electron chi connectivity index (χ3n) is 2.45. The summed E-state index contributed by atoms with van der Waals surface area (Å²) >= 11 is 0. The van der Waals surface area contributed by atoms with Gasteiger partial charge >= 0.3 is 5.97 Å². The zero-order valence-electron chi connectivity index (χ0n) is 9.59. The summed E-state index contributed by atoms with van der Waals surface area (Å²) in [5.41, 5.74) is 0.979. The molecule has 4 nitrogen and oxygen atoms in total. The number of rotatable bonds is 6. The molecule has 0 heterocycles. The van der Waals surface area contributed by atoms with Crippen molar-refractivity contribution in [2.24, 2.45) is 0 Å². The lowest BCUT2D eigenvalue weighted by molar-refractivity contribution is -0.143. The first-order valence-corrected chi connectivity index (χ1v) is 5.59. The minimum atomic E-state index is -1.10. The first-order valence-electron chi connectivity index (χ1n) is 5.59. The van der Waals surface area contributed by atoms with Crippen LogP contribution in [0.2, 0.25) is 5.82 Å². The van der Waals surface area contributed by atoms with Crippen molar-refractivity contribution in [3.05, 3.63) is 23.8 Å². The minimum absolute atomic E-state index is 0.0322. The average molecular weight is 234 g/mol. The van der Waals surface area contributed by atoms with Crippen molar-refractivity contribution in [3.63, 3.8) is 0 Å². The van der Waals surface area contributed by atoms with Crippen LogP contribution in [0, 0.1) is 0 Å². The van der Waals surface area contributed by atoms with E-state index in [0.29, 0.717) is 0 Å². The van der Waals surface area contributed by atoms with E-state index in [-0.39, 0.29) is 19.4 Å². The number of esters is 1. The molecule has 0 saturated carbocycles. The van der Waals surface area contributed by atoms with Gasteiger partial charge in [0, 0.05) is 12.2 Å². The average Bonchev–Trinajstić information content (AvgIpc) is 2.34. The van der Waals surface area contributed by atoms with Crippen molar-refractivity contribution in [1.82, 2.24) is 0 Å². The Balaban J connectivity index is 2.19. The number of aliphatic carboxylic acids is 1. The van der Waals surface area contributed by atoms with Crippen LogP contribution in [0.4, 0.5) is 0 Å². The van der Waals surface area contributed by atoms with E-state index in [9.17, 15) is 9.59 Å². The Kier molecular flexibility index (Phi) is 5.53. The fraction of sp³-hybridized carbons (Fsp3) is 0.500. The summed E-state index contributed by atoms with van der Waals surface area (Å²) in [5.74, 6) is -2.52. The number of hydrogen-bond acceptors (Lipinski definition) is 3. The minimum Gasteiger partial charge on any atom is -0.482 e. The van der Waals surface area contributed by atoms with E-state index in [0.717, 1.165) is 18.4 Å². The van der Waals surface area contributed by atoms with Gasteiger partial charge in [0.25, 0.3) is 5.97 Å². The molecule has 17 heavy (non-hydrogen) atoms. The van der Waals surface area contributed by atoms with Gasteiger partial charge in [0.15, 0.2) is 0 Å². The van der Waals surface area contributed by atoms with Crippen LogP contribution in [0.3, 0.4) is 0 Å². The van der Waals surface area contributed by atoms with Crippen LogP contribution in [0.5, 0.6) is 0 Å². The standard InChI is InChI=1S/C12H15BO4/c13-10(12(15)16)6-7-11(14)17-8-9-4-2-1-3-5-9/h2,4-5,10H,1,3,6-8H2,(H,15,16). The maximum Gasteiger partial charge on any atom is 0.306 e. The second-order valence-corrected chi connectivity index (χ2v) is 3.90. The second-order valence-electron chi connectivity index (χ2n) is 3.90. The van der Waals surface area contributed by atoms with Crippen molar-refractivity contribution in [1.29, 1.82) is 0 Å². The van der Waals surface area contributed by atoms with Crippen LogP contribution in [-0.4, -0.2) is 31.5 Å². The van der Waals surface area contributed by atoms with Gasteiger partial charge in [-0.3, -0.25) is 9.59 Å². The van der Waals surface area contributed by atoms with Crippen LogP contribution in [0.25, 0.3) is 0 Å². The molecule has 1 atom stereocenters. The normalized spacial score (nSPS) is 16.1. The van der Waals surface area contributed by atoms with E-state index < -0.39 is 17.8 Å². The first kappa shape index (κ1) is 13.5. The van der Waals surface area contributed by atoms with Gasteiger partial charge in [-0.05, 0) is 24.8 Å². The Hall–Kier alpha value is -1.52. The Labute approximate surface area is 102 Å². The van der Waals surface area contributed by atoms with Gasteiger partial charge in [-0.25, -0.2) is 0 Å². The molecule has 0 fully saturated rings.